The van der Waals surface area contributed by atoms with Crippen molar-refractivity contribution in [3.8, 4) is 11.6 Å². The number of nitrogens with zero attached hydrogens (tertiary/aromatic N) is 3. The summed E-state index contributed by atoms with van der Waals surface area (Å²) in [7, 11) is -2.07. The van der Waals surface area contributed by atoms with Crippen molar-refractivity contribution in [3.63, 3.8) is 0 Å². The number of nitrogens with one attached hydrogen (secondary N) is 2. The quantitative estimate of drug-likeness (QED) is 0.394. The maximum atomic E-state index is 13.1. The number of aromatic nitrogens is 3. The van der Waals surface area contributed by atoms with Crippen LogP contribution < -0.4 is 14.8 Å². The fourth-order valence-electron chi connectivity index (χ4n) is 4.25. The Morgan fingerprint density at radius 3 is 2.44 bits per heavy atom. The predicted molar refractivity (Wildman–Crippen MR) is 134 cm³/mol. The van der Waals surface area contributed by atoms with Crippen molar-refractivity contribution in [2.45, 2.75) is 38.6 Å². The number of sulfonamides is 1. The maximum absolute atomic E-state index is 13.1. The second-order valence-electron chi connectivity index (χ2n) is 8.48. The maximum Gasteiger partial charge on any atom is 0.241 e. The van der Waals surface area contributed by atoms with Crippen LogP contribution in [-0.2, 0) is 10.0 Å². The molecule has 8 nitrogen and oxygen atoms in total. The number of pyridine rings is 1. The summed E-state index contributed by atoms with van der Waals surface area (Å²) in [5.41, 5.74) is 5.14. The van der Waals surface area contributed by atoms with E-state index < -0.39 is 10.0 Å². The van der Waals surface area contributed by atoms with Gasteiger partial charge in [-0.25, -0.2) is 22.8 Å². The van der Waals surface area contributed by atoms with Gasteiger partial charge in [0.2, 0.25) is 15.9 Å². The molecule has 1 unspecified atom stereocenters. The highest BCUT2D eigenvalue weighted by Gasteiger charge is 2.22. The molecular weight excluding hydrogens is 450 g/mol. The average molecular weight is 480 g/mol. The summed E-state index contributed by atoms with van der Waals surface area (Å²) in [5.74, 6) is 0.537. The van der Waals surface area contributed by atoms with Gasteiger partial charge in [0.1, 0.15) is 0 Å². The van der Waals surface area contributed by atoms with E-state index in [1.807, 2.05) is 68.8 Å². The Morgan fingerprint density at radius 1 is 1.06 bits per heavy atom. The van der Waals surface area contributed by atoms with Crippen molar-refractivity contribution in [1.82, 2.24) is 19.5 Å². The molecule has 0 amide bonds. The Kier molecular flexibility index (Phi) is 6.58. The van der Waals surface area contributed by atoms with E-state index in [-0.39, 0.29) is 6.04 Å². The van der Waals surface area contributed by atoms with E-state index in [0.29, 0.717) is 17.3 Å². The highest BCUT2D eigenvalue weighted by atomic mass is 32.2. The van der Waals surface area contributed by atoms with E-state index in [4.69, 9.17) is 4.74 Å². The van der Waals surface area contributed by atoms with Gasteiger partial charge in [0, 0.05) is 29.7 Å². The van der Waals surface area contributed by atoms with Gasteiger partial charge in [-0.1, -0.05) is 23.8 Å². The fraction of sp³-hybridized carbons (Fsp3) is 0.280. The van der Waals surface area contributed by atoms with E-state index in [9.17, 15) is 8.42 Å². The summed E-state index contributed by atoms with van der Waals surface area (Å²) in [5, 5.41) is 8.81. The lowest BCUT2D eigenvalue weighted by molar-refractivity contribution is 0.397. The number of fused-ring (bicyclic) bond motifs is 1. The Labute approximate surface area is 200 Å². The topological polar surface area (TPSA) is 98.1 Å². The van der Waals surface area contributed by atoms with Crippen molar-refractivity contribution >= 4 is 26.6 Å². The lowest BCUT2D eigenvalue weighted by atomic mass is 10.1. The number of rotatable bonds is 8. The van der Waals surface area contributed by atoms with Gasteiger partial charge in [0.25, 0.3) is 0 Å². The molecule has 2 heterocycles. The first kappa shape index (κ1) is 23.7. The van der Waals surface area contributed by atoms with Crippen molar-refractivity contribution in [2.24, 2.45) is 0 Å². The van der Waals surface area contributed by atoms with Gasteiger partial charge in [0.15, 0.2) is 0 Å². The molecule has 0 bridgehead atoms. The Balaban J connectivity index is 1.51. The van der Waals surface area contributed by atoms with E-state index in [2.05, 4.69) is 20.1 Å². The number of methoxy groups -OCH3 is 1. The largest absolute Gasteiger partial charge is 0.481 e. The Morgan fingerprint density at radius 2 is 1.79 bits per heavy atom. The van der Waals surface area contributed by atoms with Crippen LogP contribution in [-0.4, -0.2) is 42.9 Å². The molecule has 2 aromatic carbocycles. The third-order valence-electron chi connectivity index (χ3n) is 5.62. The fourth-order valence-corrected chi connectivity index (χ4v) is 5.95. The smallest absolute Gasteiger partial charge is 0.241 e. The zero-order chi connectivity index (χ0) is 24.5. The molecule has 0 aliphatic heterocycles. The van der Waals surface area contributed by atoms with Gasteiger partial charge in [-0.3, -0.25) is 0 Å². The molecule has 4 rings (SSSR count). The number of hydrogen-bond acceptors (Lipinski definition) is 6. The second kappa shape index (κ2) is 9.44. The molecule has 178 valence electrons. The normalized spacial score (nSPS) is 12.6. The zero-order valence-electron chi connectivity index (χ0n) is 20.0. The molecule has 34 heavy (non-hydrogen) atoms. The van der Waals surface area contributed by atoms with Gasteiger partial charge >= 0.3 is 0 Å². The van der Waals surface area contributed by atoms with E-state index in [0.717, 1.165) is 39.0 Å². The lowest BCUT2D eigenvalue weighted by Crippen LogP contribution is -2.38. The van der Waals surface area contributed by atoms with E-state index in [1.165, 1.54) is 0 Å². The summed E-state index contributed by atoms with van der Waals surface area (Å²) < 4.78 is 35.9. The first-order chi connectivity index (χ1) is 16.2. The van der Waals surface area contributed by atoms with Crippen molar-refractivity contribution in [3.05, 3.63) is 71.5 Å². The van der Waals surface area contributed by atoms with Crippen molar-refractivity contribution < 1.29 is 13.2 Å². The summed E-state index contributed by atoms with van der Waals surface area (Å²) in [4.78, 5) is 4.60. The summed E-state index contributed by atoms with van der Waals surface area (Å²) >= 11 is 0. The SMILES string of the molecule is COc1ccc(-n2ncc3c(NCC(C)NS(=O)(=O)c4c(C)cc(C)cc4C)cccc32)cn1. The summed E-state index contributed by atoms with van der Waals surface area (Å²) in [6.45, 7) is 7.88. The molecule has 0 radical (unpaired) electrons. The van der Waals surface area contributed by atoms with Crippen LogP contribution in [0.25, 0.3) is 16.6 Å². The molecule has 4 aromatic rings. The minimum Gasteiger partial charge on any atom is -0.481 e. The van der Waals surface area contributed by atoms with Crippen LogP contribution in [0.4, 0.5) is 5.69 Å². The molecule has 0 saturated heterocycles. The van der Waals surface area contributed by atoms with Crippen LogP contribution in [0.1, 0.15) is 23.6 Å². The van der Waals surface area contributed by atoms with Crippen LogP contribution >= 0.6 is 0 Å². The van der Waals surface area contributed by atoms with Crippen LogP contribution in [0.15, 0.2) is 59.8 Å². The molecule has 0 aliphatic carbocycles. The third kappa shape index (κ3) is 4.76. The van der Waals surface area contributed by atoms with Gasteiger partial charge in [-0.2, -0.15) is 5.10 Å². The van der Waals surface area contributed by atoms with Crippen LogP contribution in [0.5, 0.6) is 5.88 Å². The van der Waals surface area contributed by atoms with Gasteiger partial charge in [0.05, 0.1) is 35.6 Å². The first-order valence-corrected chi connectivity index (χ1v) is 12.5. The standard InChI is InChI=1S/C25H29N5O3S/c1-16-11-17(2)25(18(3)12-16)34(31,32)29-19(4)13-26-22-7-6-8-23-21(22)15-28-30(23)20-9-10-24(33-5)27-14-20/h6-12,14-15,19,26,29H,13H2,1-5H3. The number of hydrogen-bond donors (Lipinski definition) is 2. The number of benzene rings is 2. The second-order valence-corrected chi connectivity index (χ2v) is 10.1. The van der Waals surface area contributed by atoms with Crippen molar-refractivity contribution in [1.29, 1.82) is 0 Å². The van der Waals surface area contributed by atoms with Crippen LogP contribution in [0, 0.1) is 20.8 Å². The van der Waals surface area contributed by atoms with Crippen molar-refractivity contribution in [2.75, 3.05) is 19.0 Å². The molecule has 0 spiro atoms. The average Bonchev–Trinajstić information content (AvgIpc) is 3.21. The minimum absolute atomic E-state index is 0.332. The van der Waals surface area contributed by atoms with Gasteiger partial charge < -0.3 is 10.1 Å². The first-order valence-electron chi connectivity index (χ1n) is 11.0. The Hall–Kier alpha value is -3.43. The monoisotopic (exact) mass is 479 g/mol. The number of aryl methyl sites for hydroxylation is 3. The van der Waals surface area contributed by atoms with E-state index >= 15 is 0 Å². The van der Waals surface area contributed by atoms with Crippen LogP contribution in [0.2, 0.25) is 0 Å². The molecule has 0 fully saturated rings. The molecule has 0 aliphatic rings. The molecule has 2 N–H and O–H groups in total. The molecule has 1 atom stereocenters. The molecule has 0 saturated carbocycles. The van der Waals surface area contributed by atoms with E-state index in [1.54, 1.807) is 25.6 Å². The lowest BCUT2D eigenvalue weighted by Gasteiger charge is -2.18. The summed E-state index contributed by atoms with van der Waals surface area (Å²) in [6.07, 6.45) is 3.49. The summed E-state index contributed by atoms with van der Waals surface area (Å²) in [6, 6.07) is 13.0. The number of anilines is 1. The molecule has 2 aromatic heterocycles. The Bertz CT molecular complexity index is 1410. The van der Waals surface area contributed by atoms with Gasteiger partial charge in [-0.05, 0) is 57.0 Å². The minimum atomic E-state index is -3.65. The highest BCUT2D eigenvalue weighted by Crippen LogP contribution is 2.26. The third-order valence-corrected chi connectivity index (χ3v) is 7.51. The number of ether oxygens (including phenoxy) is 1. The zero-order valence-corrected chi connectivity index (χ0v) is 20.8. The van der Waals surface area contributed by atoms with Gasteiger partial charge in [-0.15, -0.1) is 0 Å². The molecule has 9 heteroatoms. The highest BCUT2D eigenvalue weighted by molar-refractivity contribution is 7.89. The van der Waals surface area contributed by atoms with Crippen LogP contribution in [0.3, 0.4) is 0 Å². The predicted octanol–water partition coefficient (Wildman–Crippen LogP) is 4.13. The molecular formula is C25H29N5O3S.